The smallest absolute Gasteiger partial charge is 0.303 e. The zero-order chi connectivity index (χ0) is 13.5. The van der Waals surface area contributed by atoms with Gasteiger partial charge in [0.1, 0.15) is 5.82 Å². The average Bonchev–Trinajstić information content (AvgIpc) is 2.34. The van der Waals surface area contributed by atoms with Crippen molar-refractivity contribution in [2.45, 2.75) is 26.7 Å². The highest BCUT2D eigenvalue weighted by molar-refractivity contribution is 5.67. The first kappa shape index (κ1) is 14.0. The molecule has 0 saturated heterocycles. The predicted octanol–water partition coefficient (Wildman–Crippen LogP) is 3.16. The monoisotopic (exact) mass is 246 g/mol. The Kier molecular flexibility index (Phi) is 5.13. The number of carbonyl (C=O) groups is 1. The highest BCUT2D eigenvalue weighted by atomic mass is 19.1. The molecule has 2 nitrogen and oxygen atoms in total. The summed E-state index contributed by atoms with van der Waals surface area (Å²) in [7, 11) is 0. The zero-order valence-electron chi connectivity index (χ0n) is 10.5. The maximum Gasteiger partial charge on any atom is 0.303 e. The number of rotatable bonds is 3. The Hall–Kier alpha value is -2.08. The number of hydrogen-bond acceptors (Lipinski definition) is 1. The van der Waals surface area contributed by atoms with Crippen LogP contribution >= 0.6 is 0 Å². The van der Waals surface area contributed by atoms with Gasteiger partial charge in [-0.1, -0.05) is 24.0 Å². The second-order valence-electron chi connectivity index (χ2n) is 3.92. The van der Waals surface area contributed by atoms with Crippen molar-refractivity contribution in [2.75, 3.05) is 0 Å². The highest BCUT2D eigenvalue weighted by Gasteiger charge is 2.05. The van der Waals surface area contributed by atoms with Crippen LogP contribution in [0.1, 0.15) is 31.4 Å². The van der Waals surface area contributed by atoms with E-state index in [4.69, 9.17) is 5.11 Å². The van der Waals surface area contributed by atoms with Gasteiger partial charge in [-0.15, -0.1) is 0 Å². The van der Waals surface area contributed by atoms with E-state index in [2.05, 4.69) is 11.8 Å². The van der Waals surface area contributed by atoms with Gasteiger partial charge in [-0.3, -0.25) is 4.79 Å². The molecule has 0 aromatic heterocycles. The number of carboxylic acid groups (broad SMARTS) is 1. The first-order chi connectivity index (χ1) is 8.52. The van der Waals surface area contributed by atoms with Crippen molar-refractivity contribution < 1.29 is 14.3 Å². The van der Waals surface area contributed by atoms with Crippen molar-refractivity contribution in [3.8, 4) is 11.8 Å². The van der Waals surface area contributed by atoms with Gasteiger partial charge in [-0.25, -0.2) is 4.39 Å². The largest absolute Gasteiger partial charge is 0.481 e. The fourth-order valence-corrected chi connectivity index (χ4v) is 1.31. The molecule has 0 saturated carbocycles. The molecular formula is C15H15FO2. The van der Waals surface area contributed by atoms with E-state index in [1.165, 1.54) is 6.07 Å². The molecule has 0 amide bonds. The van der Waals surface area contributed by atoms with Crippen LogP contribution < -0.4 is 0 Å². The topological polar surface area (TPSA) is 37.3 Å². The van der Waals surface area contributed by atoms with Gasteiger partial charge in [0.2, 0.25) is 0 Å². The summed E-state index contributed by atoms with van der Waals surface area (Å²) in [5.74, 6) is 4.42. The quantitative estimate of drug-likeness (QED) is 0.832. The van der Waals surface area contributed by atoms with Gasteiger partial charge in [-0.05, 0) is 43.5 Å². The predicted molar refractivity (Wildman–Crippen MR) is 68.7 cm³/mol. The lowest BCUT2D eigenvalue weighted by Gasteiger charge is -2.01. The normalized spacial score (nSPS) is 10.7. The molecule has 0 atom stereocenters. The first-order valence-electron chi connectivity index (χ1n) is 5.68. The van der Waals surface area contributed by atoms with Crippen LogP contribution in [0.5, 0.6) is 0 Å². The molecule has 0 aliphatic carbocycles. The third-order valence-corrected chi connectivity index (χ3v) is 2.50. The van der Waals surface area contributed by atoms with Gasteiger partial charge in [0, 0.05) is 12.0 Å². The maximum absolute atomic E-state index is 13.6. The van der Waals surface area contributed by atoms with Crippen LogP contribution in [0.2, 0.25) is 0 Å². The molecule has 0 heterocycles. The van der Waals surface area contributed by atoms with E-state index in [-0.39, 0.29) is 12.8 Å². The van der Waals surface area contributed by atoms with Crippen molar-refractivity contribution in [2.24, 2.45) is 0 Å². The SMILES string of the molecule is C/C=C(/C)C#Cc1ccc(CCC(=O)O)c(F)c1. The van der Waals surface area contributed by atoms with E-state index in [9.17, 15) is 9.18 Å². The van der Waals surface area contributed by atoms with Gasteiger partial charge in [-0.2, -0.15) is 0 Å². The molecule has 0 aliphatic rings. The van der Waals surface area contributed by atoms with Gasteiger partial charge in [0.25, 0.3) is 0 Å². The lowest BCUT2D eigenvalue weighted by molar-refractivity contribution is -0.136. The number of benzene rings is 1. The van der Waals surface area contributed by atoms with Crippen molar-refractivity contribution in [3.63, 3.8) is 0 Å². The second kappa shape index (κ2) is 6.61. The third-order valence-electron chi connectivity index (χ3n) is 2.50. The fraction of sp³-hybridized carbons (Fsp3) is 0.267. The molecule has 0 radical (unpaired) electrons. The molecule has 1 aromatic rings. The number of aryl methyl sites for hydroxylation is 1. The van der Waals surface area contributed by atoms with Crippen LogP contribution in [0.25, 0.3) is 0 Å². The van der Waals surface area contributed by atoms with E-state index in [0.717, 1.165) is 5.57 Å². The molecule has 94 valence electrons. The first-order valence-corrected chi connectivity index (χ1v) is 5.68. The molecule has 18 heavy (non-hydrogen) atoms. The van der Waals surface area contributed by atoms with Crippen molar-refractivity contribution in [1.82, 2.24) is 0 Å². The van der Waals surface area contributed by atoms with Crippen LogP contribution in [0, 0.1) is 17.7 Å². The number of carboxylic acids is 1. The Bertz CT molecular complexity index is 533. The molecule has 1 aromatic carbocycles. The van der Waals surface area contributed by atoms with E-state index < -0.39 is 11.8 Å². The fourth-order valence-electron chi connectivity index (χ4n) is 1.31. The number of aliphatic carboxylic acids is 1. The Balaban J connectivity index is 2.84. The summed E-state index contributed by atoms with van der Waals surface area (Å²) in [6, 6.07) is 4.64. The van der Waals surface area contributed by atoms with Crippen LogP contribution in [-0.4, -0.2) is 11.1 Å². The molecule has 0 fully saturated rings. The summed E-state index contributed by atoms with van der Waals surface area (Å²) >= 11 is 0. The van der Waals surface area contributed by atoms with Gasteiger partial charge in [0.05, 0.1) is 0 Å². The average molecular weight is 246 g/mol. The Labute approximate surface area is 106 Å². The number of allylic oxidation sites excluding steroid dienone is 2. The molecule has 3 heteroatoms. The zero-order valence-corrected chi connectivity index (χ0v) is 10.5. The molecular weight excluding hydrogens is 231 g/mol. The second-order valence-corrected chi connectivity index (χ2v) is 3.92. The van der Waals surface area contributed by atoms with E-state index >= 15 is 0 Å². The third kappa shape index (κ3) is 4.42. The van der Waals surface area contributed by atoms with E-state index in [1.807, 2.05) is 19.9 Å². The Morgan fingerprint density at radius 2 is 2.22 bits per heavy atom. The lowest BCUT2D eigenvalue weighted by Crippen LogP contribution is -1.99. The van der Waals surface area contributed by atoms with Crippen molar-refractivity contribution in [3.05, 3.63) is 46.8 Å². The summed E-state index contributed by atoms with van der Waals surface area (Å²) in [4.78, 5) is 10.4. The minimum absolute atomic E-state index is 0.0698. The van der Waals surface area contributed by atoms with E-state index in [1.54, 1.807) is 12.1 Å². The van der Waals surface area contributed by atoms with Crippen molar-refractivity contribution in [1.29, 1.82) is 0 Å². The van der Waals surface area contributed by atoms with Crippen LogP contribution in [0.15, 0.2) is 29.8 Å². The summed E-state index contributed by atoms with van der Waals surface area (Å²) < 4.78 is 13.6. The summed E-state index contributed by atoms with van der Waals surface area (Å²) in [5.41, 5.74) is 1.92. The van der Waals surface area contributed by atoms with Crippen molar-refractivity contribution >= 4 is 5.97 Å². The minimum atomic E-state index is -0.929. The number of halogens is 1. The maximum atomic E-state index is 13.6. The molecule has 0 spiro atoms. The Morgan fingerprint density at radius 1 is 1.50 bits per heavy atom. The molecule has 0 bridgehead atoms. The standard InChI is InChI=1S/C15H15FO2/c1-3-11(2)4-5-12-6-7-13(14(16)10-12)8-9-15(17)18/h3,6-7,10H,8-9H2,1-2H3,(H,17,18)/b11-3-. The summed E-state index contributed by atoms with van der Waals surface area (Å²) in [5, 5.41) is 8.54. The van der Waals surface area contributed by atoms with Crippen LogP contribution in [-0.2, 0) is 11.2 Å². The van der Waals surface area contributed by atoms with Gasteiger partial charge in [0.15, 0.2) is 0 Å². The van der Waals surface area contributed by atoms with Gasteiger partial charge >= 0.3 is 5.97 Å². The number of hydrogen-bond donors (Lipinski definition) is 1. The summed E-state index contributed by atoms with van der Waals surface area (Å²) in [6.07, 6.45) is 2.01. The lowest BCUT2D eigenvalue weighted by atomic mass is 10.1. The van der Waals surface area contributed by atoms with Gasteiger partial charge < -0.3 is 5.11 Å². The highest BCUT2D eigenvalue weighted by Crippen LogP contribution is 2.12. The van der Waals surface area contributed by atoms with Crippen LogP contribution in [0.4, 0.5) is 4.39 Å². The summed E-state index contributed by atoms with van der Waals surface area (Å²) in [6.45, 7) is 3.77. The molecule has 0 unspecified atom stereocenters. The minimum Gasteiger partial charge on any atom is -0.481 e. The Morgan fingerprint density at radius 3 is 2.78 bits per heavy atom. The molecule has 1 N–H and O–H groups in total. The van der Waals surface area contributed by atoms with Crippen LogP contribution in [0.3, 0.4) is 0 Å². The molecule has 0 aliphatic heterocycles. The molecule has 1 rings (SSSR count). The van der Waals surface area contributed by atoms with E-state index in [0.29, 0.717) is 11.1 Å².